The number of nitrogens with zero attached hydrogens (tertiary/aromatic N) is 2. The number of anilines is 2. The molecular weight excluding hydrogens is 370 g/mol. The molecule has 1 aliphatic rings. The smallest absolute Gasteiger partial charge is 0.277 e. The van der Waals surface area contributed by atoms with Crippen molar-refractivity contribution in [1.82, 2.24) is 5.16 Å². The molecule has 1 aliphatic heterocycles. The summed E-state index contributed by atoms with van der Waals surface area (Å²) in [4.78, 5) is 26.6. The number of rotatable bonds is 6. The molecule has 7 nitrogen and oxygen atoms in total. The molecule has 148 valence electrons. The zero-order chi connectivity index (χ0) is 20.2. The number of nitrogens with one attached hydrogen (secondary N) is 1. The fraction of sp³-hybridized carbons (Fsp3) is 0.227. The van der Waals surface area contributed by atoms with Crippen LogP contribution in [0.5, 0.6) is 5.75 Å². The molecule has 0 unspecified atom stereocenters. The number of benzene rings is 2. The molecule has 0 fully saturated rings. The van der Waals surface area contributed by atoms with Crippen molar-refractivity contribution < 1.29 is 18.8 Å². The van der Waals surface area contributed by atoms with Gasteiger partial charge in [-0.15, -0.1) is 0 Å². The highest BCUT2D eigenvalue weighted by Gasteiger charge is 2.25. The first-order chi connectivity index (χ1) is 14.2. The lowest BCUT2D eigenvalue weighted by Gasteiger charge is -2.29. The minimum absolute atomic E-state index is 0.0314. The first kappa shape index (κ1) is 18.7. The fourth-order valence-corrected chi connectivity index (χ4v) is 3.16. The lowest BCUT2D eigenvalue weighted by Crippen LogP contribution is -2.39. The van der Waals surface area contributed by atoms with Gasteiger partial charge in [-0.05, 0) is 24.6 Å². The number of hydrogen-bond donors (Lipinski definition) is 1. The van der Waals surface area contributed by atoms with Crippen LogP contribution in [0.1, 0.15) is 30.3 Å². The number of carbonyl (C=O) groups excluding carboxylic acids is 2. The molecule has 1 N–H and O–H groups in total. The van der Waals surface area contributed by atoms with E-state index < -0.39 is 0 Å². The molecule has 7 heteroatoms. The Hall–Kier alpha value is -3.61. The fourth-order valence-electron chi connectivity index (χ4n) is 3.16. The van der Waals surface area contributed by atoms with Crippen molar-refractivity contribution in [2.45, 2.75) is 19.8 Å². The summed E-state index contributed by atoms with van der Waals surface area (Å²) in [6.07, 6.45) is 1.87. The molecule has 29 heavy (non-hydrogen) atoms. The minimum Gasteiger partial charge on any atom is -0.482 e. The maximum atomic E-state index is 12.6. The number of amides is 2. The number of aromatic nitrogens is 1. The topological polar surface area (TPSA) is 84.7 Å². The SMILES string of the molecule is CCCCN1C(=O)COc2ccc(NC(=O)c3cc(-c4ccccc4)on3)cc21. The third-order valence-electron chi connectivity index (χ3n) is 4.70. The number of hydrogen-bond acceptors (Lipinski definition) is 5. The van der Waals surface area contributed by atoms with Crippen LogP contribution in [0.2, 0.25) is 0 Å². The highest BCUT2D eigenvalue weighted by Crippen LogP contribution is 2.35. The van der Waals surface area contributed by atoms with Gasteiger partial charge < -0.3 is 19.5 Å². The van der Waals surface area contributed by atoms with Gasteiger partial charge >= 0.3 is 0 Å². The van der Waals surface area contributed by atoms with Gasteiger partial charge in [-0.2, -0.15) is 0 Å². The van der Waals surface area contributed by atoms with Gasteiger partial charge in [-0.3, -0.25) is 9.59 Å². The van der Waals surface area contributed by atoms with Crippen molar-refractivity contribution in [2.24, 2.45) is 0 Å². The highest BCUT2D eigenvalue weighted by molar-refractivity contribution is 6.04. The van der Waals surface area contributed by atoms with Gasteiger partial charge in [0, 0.05) is 23.9 Å². The van der Waals surface area contributed by atoms with E-state index in [2.05, 4.69) is 17.4 Å². The van der Waals surface area contributed by atoms with E-state index >= 15 is 0 Å². The molecule has 3 aromatic rings. The molecular formula is C22H21N3O4. The Balaban J connectivity index is 1.53. The zero-order valence-electron chi connectivity index (χ0n) is 16.1. The van der Waals surface area contributed by atoms with Crippen molar-refractivity contribution in [1.29, 1.82) is 0 Å². The van der Waals surface area contributed by atoms with Crippen LogP contribution in [0.15, 0.2) is 59.1 Å². The largest absolute Gasteiger partial charge is 0.482 e. The van der Waals surface area contributed by atoms with E-state index in [9.17, 15) is 9.59 Å². The zero-order valence-corrected chi connectivity index (χ0v) is 16.1. The van der Waals surface area contributed by atoms with E-state index in [1.165, 1.54) is 0 Å². The van der Waals surface area contributed by atoms with E-state index in [0.717, 1.165) is 18.4 Å². The number of carbonyl (C=O) groups is 2. The standard InChI is InChI=1S/C22H21N3O4/c1-2-3-11-25-18-12-16(9-10-19(18)28-14-21(25)26)23-22(27)17-13-20(29-24-17)15-7-5-4-6-8-15/h4-10,12-13H,2-3,11,14H2,1H3,(H,23,27). The van der Waals surface area contributed by atoms with Gasteiger partial charge in [0.15, 0.2) is 18.1 Å². The summed E-state index contributed by atoms with van der Waals surface area (Å²) in [5.74, 6) is 0.676. The monoisotopic (exact) mass is 391 g/mol. The van der Waals surface area contributed by atoms with Crippen LogP contribution in [0.25, 0.3) is 11.3 Å². The second-order valence-electron chi connectivity index (χ2n) is 6.77. The van der Waals surface area contributed by atoms with Gasteiger partial charge in [0.1, 0.15) is 5.75 Å². The van der Waals surface area contributed by atoms with Gasteiger partial charge in [0.25, 0.3) is 11.8 Å². The normalized spacial score (nSPS) is 13.0. The summed E-state index contributed by atoms with van der Waals surface area (Å²) in [5, 5.41) is 6.68. The van der Waals surface area contributed by atoms with Crippen LogP contribution in [-0.2, 0) is 4.79 Å². The Labute approximate surface area is 168 Å². The van der Waals surface area contributed by atoms with Crippen molar-refractivity contribution in [3.05, 3.63) is 60.3 Å². The van der Waals surface area contributed by atoms with Crippen LogP contribution in [0.3, 0.4) is 0 Å². The highest BCUT2D eigenvalue weighted by atomic mass is 16.5. The van der Waals surface area contributed by atoms with Crippen LogP contribution >= 0.6 is 0 Å². The molecule has 1 aromatic heterocycles. The molecule has 0 saturated heterocycles. The van der Waals surface area contributed by atoms with Crippen LogP contribution < -0.4 is 15.0 Å². The first-order valence-corrected chi connectivity index (χ1v) is 9.56. The Bertz CT molecular complexity index is 1030. The molecule has 2 amide bonds. The van der Waals surface area contributed by atoms with E-state index in [4.69, 9.17) is 9.26 Å². The summed E-state index contributed by atoms with van der Waals surface area (Å²) >= 11 is 0. The summed E-state index contributed by atoms with van der Waals surface area (Å²) < 4.78 is 10.8. The molecule has 0 saturated carbocycles. The van der Waals surface area contributed by atoms with Crippen LogP contribution in [-0.4, -0.2) is 30.1 Å². The number of fused-ring (bicyclic) bond motifs is 1. The number of unbranched alkanes of at least 4 members (excludes halogenated alkanes) is 1. The summed E-state index contributed by atoms with van der Waals surface area (Å²) in [6, 6.07) is 16.3. The Morgan fingerprint density at radius 2 is 2.00 bits per heavy atom. The third-order valence-corrected chi connectivity index (χ3v) is 4.70. The summed E-state index contributed by atoms with van der Waals surface area (Å²) in [5.41, 5.74) is 2.24. The average molecular weight is 391 g/mol. The van der Waals surface area contributed by atoms with Gasteiger partial charge in [-0.1, -0.05) is 48.8 Å². The molecule has 4 rings (SSSR count). The predicted octanol–water partition coefficient (Wildman–Crippen LogP) is 4.12. The molecule has 0 radical (unpaired) electrons. The van der Waals surface area contributed by atoms with Gasteiger partial charge in [-0.25, -0.2) is 0 Å². The van der Waals surface area contributed by atoms with E-state index in [1.54, 1.807) is 29.2 Å². The molecule has 0 spiro atoms. The molecule has 2 heterocycles. The molecule has 0 atom stereocenters. The maximum absolute atomic E-state index is 12.6. The molecule has 2 aromatic carbocycles. The maximum Gasteiger partial charge on any atom is 0.277 e. The van der Waals surface area contributed by atoms with Crippen LogP contribution in [0.4, 0.5) is 11.4 Å². The third kappa shape index (κ3) is 3.99. The van der Waals surface area contributed by atoms with Crippen molar-refractivity contribution >= 4 is 23.2 Å². The van der Waals surface area contributed by atoms with Crippen molar-refractivity contribution in [2.75, 3.05) is 23.4 Å². The lowest BCUT2D eigenvalue weighted by molar-refractivity contribution is -0.121. The minimum atomic E-state index is -0.390. The van der Waals surface area contributed by atoms with Crippen LogP contribution in [0, 0.1) is 0 Å². The lowest BCUT2D eigenvalue weighted by atomic mass is 10.1. The van der Waals surface area contributed by atoms with E-state index in [1.807, 2.05) is 30.3 Å². The second kappa shape index (κ2) is 8.18. The van der Waals surface area contributed by atoms with E-state index in [-0.39, 0.29) is 24.1 Å². The Kier molecular flexibility index (Phi) is 5.29. The van der Waals surface area contributed by atoms with Gasteiger partial charge in [0.05, 0.1) is 5.69 Å². The average Bonchev–Trinajstić information content (AvgIpc) is 3.24. The molecule has 0 bridgehead atoms. The van der Waals surface area contributed by atoms with Crippen molar-refractivity contribution in [3.8, 4) is 17.1 Å². The van der Waals surface area contributed by atoms with Crippen molar-refractivity contribution in [3.63, 3.8) is 0 Å². The summed E-state index contributed by atoms with van der Waals surface area (Å²) in [7, 11) is 0. The van der Waals surface area contributed by atoms with E-state index in [0.29, 0.717) is 29.4 Å². The molecule has 0 aliphatic carbocycles. The number of ether oxygens (including phenoxy) is 1. The quantitative estimate of drug-likeness (QED) is 0.683. The van der Waals surface area contributed by atoms with Gasteiger partial charge in [0.2, 0.25) is 0 Å². The summed E-state index contributed by atoms with van der Waals surface area (Å²) in [6.45, 7) is 2.72. The first-order valence-electron chi connectivity index (χ1n) is 9.56. The second-order valence-corrected chi connectivity index (χ2v) is 6.77. The Morgan fingerprint density at radius 1 is 1.17 bits per heavy atom. The predicted molar refractivity (Wildman–Crippen MR) is 109 cm³/mol. The Morgan fingerprint density at radius 3 is 2.79 bits per heavy atom.